The van der Waals surface area contributed by atoms with E-state index in [4.69, 9.17) is 9.47 Å². The number of aryl methyl sites for hydroxylation is 1. The fourth-order valence-corrected chi connectivity index (χ4v) is 4.51. The molecule has 190 valence electrons. The van der Waals surface area contributed by atoms with Gasteiger partial charge in [-0.05, 0) is 61.6 Å². The van der Waals surface area contributed by atoms with E-state index in [1.165, 1.54) is 6.08 Å². The second-order valence-electron chi connectivity index (χ2n) is 8.78. The van der Waals surface area contributed by atoms with E-state index >= 15 is 0 Å². The molecule has 2 N–H and O–H groups in total. The van der Waals surface area contributed by atoms with Gasteiger partial charge in [0.25, 0.3) is 0 Å². The number of rotatable bonds is 10. The van der Waals surface area contributed by atoms with Gasteiger partial charge in [-0.15, -0.1) is 0 Å². The van der Waals surface area contributed by atoms with Crippen LogP contribution in [0.25, 0.3) is 17.1 Å². The van der Waals surface area contributed by atoms with Crippen molar-refractivity contribution in [2.45, 2.75) is 50.4 Å². The number of hydrogen-bond donors (Lipinski definition) is 2. The summed E-state index contributed by atoms with van der Waals surface area (Å²) in [5.74, 6) is -1.42. The number of carbonyl (C=O) groups is 1. The van der Waals surface area contributed by atoms with Crippen molar-refractivity contribution in [2.24, 2.45) is 0 Å². The van der Waals surface area contributed by atoms with Crippen molar-refractivity contribution in [2.75, 3.05) is 13.7 Å². The smallest absolute Gasteiger partial charge is 0.306 e. The van der Waals surface area contributed by atoms with Crippen LogP contribution in [0.4, 0.5) is 8.78 Å². The summed E-state index contributed by atoms with van der Waals surface area (Å²) in [6.07, 6.45) is 7.21. The first-order valence-corrected chi connectivity index (χ1v) is 11.9. The summed E-state index contributed by atoms with van der Waals surface area (Å²) >= 11 is 0. The van der Waals surface area contributed by atoms with Crippen molar-refractivity contribution >= 4 is 23.1 Å². The molecule has 1 fully saturated rings. The van der Waals surface area contributed by atoms with Crippen LogP contribution in [-0.4, -0.2) is 52.9 Å². The predicted octanol–water partition coefficient (Wildman–Crippen LogP) is 4.54. The lowest BCUT2D eigenvalue weighted by molar-refractivity contribution is -0.145. The van der Waals surface area contributed by atoms with E-state index in [1.54, 1.807) is 25.4 Å². The standard InChI is InChI=1S/C27H29F2N3O4/c1-35-25-11-10-23-27(32-25)17(12-14-31-23)4-6-20-7-9-22(24(36-20)16-26(33)34)30-13-2-3-18-15-19(28)5-8-21(18)29/h2-3,5,8,10-12,14-15,20,22,24,30H,4,6-7,9,13,16H2,1H3,(H,33,34)/b3-2+/t20-,22-,24-/m1/s1. The molecule has 0 radical (unpaired) electrons. The van der Waals surface area contributed by atoms with E-state index in [0.29, 0.717) is 18.8 Å². The number of nitrogens with one attached hydrogen (secondary N) is 1. The van der Waals surface area contributed by atoms with Crippen molar-refractivity contribution in [3.8, 4) is 5.88 Å². The fourth-order valence-electron chi connectivity index (χ4n) is 4.51. The molecule has 0 saturated carbocycles. The molecule has 1 aliphatic heterocycles. The third kappa shape index (κ3) is 6.61. The summed E-state index contributed by atoms with van der Waals surface area (Å²) in [5.41, 5.74) is 2.77. The van der Waals surface area contributed by atoms with Gasteiger partial charge >= 0.3 is 5.97 Å². The zero-order valence-electron chi connectivity index (χ0n) is 20.0. The van der Waals surface area contributed by atoms with Crippen molar-refractivity contribution in [1.82, 2.24) is 15.3 Å². The Labute approximate surface area is 208 Å². The lowest BCUT2D eigenvalue weighted by Crippen LogP contribution is -2.48. The summed E-state index contributed by atoms with van der Waals surface area (Å²) in [4.78, 5) is 20.4. The quantitative estimate of drug-likeness (QED) is 0.425. The Morgan fingerprint density at radius 1 is 1.25 bits per heavy atom. The molecule has 0 unspecified atom stereocenters. The molecule has 9 heteroatoms. The van der Waals surface area contributed by atoms with Gasteiger partial charge in [-0.3, -0.25) is 9.78 Å². The normalized spacial score (nSPS) is 20.1. The second kappa shape index (κ2) is 12.0. The molecular weight excluding hydrogens is 468 g/mol. The highest BCUT2D eigenvalue weighted by atomic mass is 19.1. The van der Waals surface area contributed by atoms with E-state index in [1.807, 2.05) is 12.1 Å². The molecule has 3 atom stereocenters. The Kier molecular flexibility index (Phi) is 8.56. The van der Waals surface area contributed by atoms with Gasteiger partial charge in [0, 0.05) is 30.4 Å². The summed E-state index contributed by atoms with van der Waals surface area (Å²) in [6, 6.07) is 8.71. The fraction of sp³-hybridized carbons (Fsp3) is 0.370. The van der Waals surface area contributed by atoms with E-state index in [9.17, 15) is 18.7 Å². The number of methoxy groups -OCH3 is 1. The lowest BCUT2D eigenvalue weighted by Gasteiger charge is -2.36. The zero-order valence-corrected chi connectivity index (χ0v) is 20.0. The number of pyridine rings is 2. The Hall–Kier alpha value is -3.43. The molecular formula is C27H29F2N3O4. The minimum atomic E-state index is -0.929. The molecule has 0 spiro atoms. The first-order chi connectivity index (χ1) is 17.4. The summed E-state index contributed by atoms with van der Waals surface area (Å²) in [5, 5.41) is 12.7. The summed E-state index contributed by atoms with van der Waals surface area (Å²) in [7, 11) is 1.57. The SMILES string of the molecule is COc1ccc2nccc(CC[C@@H]3CC[C@@H](NC/C=C/c4cc(F)ccc4F)[C@@H](CC(=O)O)O3)c2n1. The van der Waals surface area contributed by atoms with Crippen LogP contribution in [0, 0.1) is 11.6 Å². The summed E-state index contributed by atoms with van der Waals surface area (Å²) < 4.78 is 38.6. The Morgan fingerprint density at radius 3 is 2.92 bits per heavy atom. The van der Waals surface area contributed by atoms with Crippen molar-refractivity contribution < 1.29 is 28.2 Å². The molecule has 1 aromatic carbocycles. The van der Waals surface area contributed by atoms with Crippen LogP contribution in [0.15, 0.2) is 48.7 Å². The molecule has 4 rings (SSSR count). The molecule has 0 bridgehead atoms. The monoisotopic (exact) mass is 497 g/mol. The Bertz CT molecular complexity index is 1240. The van der Waals surface area contributed by atoms with Gasteiger partial charge in [-0.25, -0.2) is 13.8 Å². The molecule has 2 aromatic heterocycles. The number of carboxylic acid groups (broad SMARTS) is 1. The number of nitrogens with zero attached hydrogens (tertiary/aromatic N) is 2. The first kappa shape index (κ1) is 25.7. The van der Waals surface area contributed by atoms with E-state index < -0.39 is 23.7 Å². The van der Waals surface area contributed by atoms with Gasteiger partial charge in [-0.2, -0.15) is 0 Å². The largest absolute Gasteiger partial charge is 0.481 e. The highest BCUT2D eigenvalue weighted by molar-refractivity contribution is 5.78. The number of halogens is 2. The Morgan fingerprint density at radius 2 is 2.11 bits per heavy atom. The number of benzene rings is 1. The van der Waals surface area contributed by atoms with Crippen LogP contribution < -0.4 is 10.1 Å². The van der Waals surface area contributed by atoms with Gasteiger partial charge in [0.05, 0.1) is 36.8 Å². The van der Waals surface area contributed by atoms with Crippen LogP contribution >= 0.6 is 0 Å². The second-order valence-corrected chi connectivity index (χ2v) is 8.78. The molecule has 0 amide bonds. The van der Waals surface area contributed by atoms with Gasteiger partial charge in [0.15, 0.2) is 0 Å². The van der Waals surface area contributed by atoms with Crippen molar-refractivity contribution in [3.05, 3.63) is 71.4 Å². The average molecular weight is 498 g/mol. The van der Waals surface area contributed by atoms with E-state index in [-0.39, 0.29) is 24.1 Å². The van der Waals surface area contributed by atoms with Crippen molar-refractivity contribution in [1.29, 1.82) is 0 Å². The Balaban J connectivity index is 1.35. The minimum Gasteiger partial charge on any atom is -0.481 e. The molecule has 3 heterocycles. The number of aromatic nitrogens is 2. The maximum atomic E-state index is 13.8. The van der Waals surface area contributed by atoms with Gasteiger partial charge in [0.1, 0.15) is 11.6 Å². The van der Waals surface area contributed by atoms with Crippen LogP contribution in [-0.2, 0) is 16.0 Å². The zero-order chi connectivity index (χ0) is 25.5. The molecule has 1 saturated heterocycles. The number of aliphatic carboxylic acids is 1. The molecule has 36 heavy (non-hydrogen) atoms. The number of carboxylic acids is 1. The van der Waals surface area contributed by atoms with Crippen LogP contribution in [0.3, 0.4) is 0 Å². The van der Waals surface area contributed by atoms with Crippen LogP contribution in [0.5, 0.6) is 5.88 Å². The molecule has 3 aromatic rings. The summed E-state index contributed by atoms with van der Waals surface area (Å²) in [6.45, 7) is 0.376. The first-order valence-electron chi connectivity index (χ1n) is 11.9. The van der Waals surface area contributed by atoms with Crippen molar-refractivity contribution in [3.63, 3.8) is 0 Å². The maximum absolute atomic E-state index is 13.8. The topological polar surface area (TPSA) is 93.6 Å². The molecule has 1 aliphatic rings. The van der Waals surface area contributed by atoms with Gasteiger partial charge < -0.3 is 19.9 Å². The van der Waals surface area contributed by atoms with Gasteiger partial charge in [0.2, 0.25) is 5.88 Å². The highest BCUT2D eigenvalue weighted by Gasteiger charge is 2.32. The van der Waals surface area contributed by atoms with E-state index in [0.717, 1.165) is 54.1 Å². The lowest BCUT2D eigenvalue weighted by atomic mass is 9.93. The van der Waals surface area contributed by atoms with E-state index in [2.05, 4.69) is 15.3 Å². The minimum absolute atomic E-state index is 0.0850. The molecule has 7 nitrogen and oxygen atoms in total. The number of hydrogen-bond acceptors (Lipinski definition) is 6. The third-order valence-corrected chi connectivity index (χ3v) is 6.33. The maximum Gasteiger partial charge on any atom is 0.306 e. The number of ether oxygens (including phenoxy) is 2. The van der Waals surface area contributed by atoms with Crippen LogP contribution in [0.2, 0.25) is 0 Å². The van der Waals surface area contributed by atoms with Crippen LogP contribution in [0.1, 0.15) is 36.8 Å². The predicted molar refractivity (Wildman–Crippen MR) is 132 cm³/mol. The number of fused-ring (bicyclic) bond motifs is 1. The third-order valence-electron chi connectivity index (χ3n) is 6.33. The van der Waals surface area contributed by atoms with Gasteiger partial charge in [-0.1, -0.05) is 12.2 Å². The average Bonchev–Trinajstić information content (AvgIpc) is 2.87. The molecule has 0 aliphatic carbocycles. The highest BCUT2D eigenvalue weighted by Crippen LogP contribution is 2.27.